The van der Waals surface area contributed by atoms with Crippen LogP contribution in [0.5, 0.6) is 17.2 Å². The average molecular weight is 351 g/mol. The number of aromatic hydroxyl groups is 1. The van der Waals surface area contributed by atoms with Gasteiger partial charge in [-0.05, 0) is 13.8 Å². The fourth-order valence-corrected chi connectivity index (χ4v) is 3.52. The zero-order valence-corrected chi connectivity index (χ0v) is 15.2. The fourth-order valence-electron chi connectivity index (χ4n) is 3.52. The third kappa shape index (κ3) is 3.71. The number of hydrogen-bond acceptors (Lipinski definition) is 7. The van der Waals surface area contributed by atoms with Crippen LogP contribution in [0.15, 0.2) is 6.07 Å². The van der Waals surface area contributed by atoms with Crippen molar-refractivity contribution in [3.8, 4) is 17.2 Å². The van der Waals surface area contributed by atoms with Crippen molar-refractivity contribution in [2.45, 2.75) is 32.8 Å². The van der Waals surface area contributed by atoms with Gasteiger partial charge in [0.15, 0.2) is 5.78 Å². The molecule has 0 bridgehead atoms. The maximum absolute atomic E-state index is 12.0. The third-order valence-electron chi connectivity index (χ3n) is 4.64. The van der Waals surface area contributed by atoms with Crippen molar-refractivity contribution in [2.75, 3.05) is 27.3 Å². The molecule has 0 aromatic heterocycles. The van der Waals surface area contributed by atoms with Crippen LogP contribution < -0.4 is 14.8 Å². The van der Waals surface area contributed by atoms with Gasteiger partial charge in [-0.25, -0.2) is 0 Å². The summed E-state index contributed by atoms with van der Waals surface area (Å²) in [5.74, 6) is -0.320. The Morgan fingerprint density at radius 1 is 1.20 bits per heavy atom. The summed E-state index contributed by atoms with van der Waals surface area (Å²) in [6.07, 6.45) is -0.343. The van der Waals surface area contributed by atoms with Crippen LogP contribution in [0.4, 0.5) is 0 Å². The summed E-state index contributed by atoms with van der Waals surface area (Å²) in [6.45, 7) is 5.77. The molecule has 0 saturated carbocycles. The van der Waals surface area contributed by atoms with Crippen molar-refractivity contribution in [2.24, 2.45) is 5.92 Å². The SMILES string of the molecule is COc1cc(OC)c(C2CNCC2C(C)OC(C)=O)c(O)c1C(C)=O. The van der Waals surface area contributed by atoms with Crippen LogP contribution in [0.2, 0.25) is 0 Å². The number of rotatable bonds is 6. The maximum Gasteiger partial charge on any atom is 0.302 e. The standard InChI is InChI=1S/C18H25NO6/c1-9(20)16-14(23-4)6-15(24-5)17(18(16)22)13-8-19-7-12(13)10(2)25-11(3)21/h6,10,12-13,19,22H,7-8H2,1-5H3. The van der Waals surface area contributed by atoms with E-state index in [9.17, 15) is 14.7 Å². The molecule has 2 N–H and O–H groups in total. The second-order valence-electron chi connectivity index (χ2n) is 6.22. The number of phenols is 1. The van der Waals surface area contributed by atoms with Crippen LogP contribution in [0, 0.1) is 5.92 Å². The highest BCUT2D eigenvalue weighted by Gasteiger charge is 2.38. The smallest absolute Gasteiger partial charge is 0.302 e. The molecule has 1 saturated heterocycles. The number of nitrogens with one attached hydrogen (secondary N) is 1. The van der Waals surface area contributed by atoms with Crippen LogP contribution in [0.3, 0.4) is 0 Å². The Balaban J connectivity index is 2.54. The Bertz CT molecular complexity index is 672. The predicted octanol–water partition coefficient (Wildman–Crippen LogP) is 1.87. The van der Waals surface area contributed by atoms with Gasteiger partial charge in [0.05, 0.1) is 14.2 Å². The number of phenolic OH excluding ortho intramolecular Hbond substituents is 1. The molecule has 1 fully saturated rings. The first-order valence-electron chi connectivity index (χ1n) is 8.18. The lowest BCUT2D eigenvalue weighted by Crippen LogP contribution is -2.28. The number of ether oxygens (including phenoxy) is 3. The van der Waals surface area contributed by atoms with Crippen molar-refractivity contribution < 1.29 is 28.9 Å². The van der Waals surface area contributed by atoms with Gasteiger partial charge >= 0.3 is 5.97 Å². The van der Waals surface area contributed by atoms with Gasteiger partial charge in [-0.2, -0.15) is 0 Å². The first-order valence-corrected chi connectivity index (χ1v) is 8.18. The van der Waals surface area contributed by atoms with Gasteiger partial charge in [-0.3, -0.25) is 9.59 Å². The molecule has 3 atom stereocenters. The molecule has 0 amide bonds. The van der Waals surface area contributed by atoms with Crippen molar-refractivity contribution in [3.63, 3.8) is 0 Å². The summed E-state index contributed by atoms with van der Waals surface area (Å²) in [4.78, 5) is 23.3. The highest BCUT2D eigenvalue weighted by Crippen LogP contribution is 2.46. The molecule has 1 aliphatic heterocycles. The number of carbonyl (C=O) groups excluding carboxylic acids is 2. The van der Waals surface area contributed by atoms with Crippen molar-refractivity contribution in [3.05, 3.63) is 17.2 Å². The number of esters is 1. The Morgan fingerprint density at radius 2 is 1.84 bits per heavy atom. The Hall–Kier alpha value is -2.28. The molecule has 3 unspecified atom stereocenters. The minimum absolute atomic E-state index is 0.0584. The van der Waals surface area contributed by atoms with Crippen molar-refractivity contribution in [1.82, 2.24) is 5.32 Å². The van der Waals surface area contributed by atoms with Crippen LogP contribution in [0.1, 0.15) is 42.6 Å². The molecule has 1 aromatic carbocycles. The summed E-state index contributed by atoms with van der Waals surface area (Å²) >= 11 is 0. The number of ketones is 1. The van der Waals surface area contributed by atoms with E-state index in [1.54, 1.807) is 6.07 Å². The zero-order valence-electron chi connectivity index (χ0n) is 15.2. The van der Waals surface area contributed by atoms with Gasteiger partial charge in [0.25, 0.3) is 0 Å². The van der Waals surface area contributed by atoms with Gasteiger partial charge in [0, 0.05) is 43.5 Å². The molecule has 0 spiro atoms. The Morgan fingerprint density at radius 3 is 2.36 bits per heavy atom. The number of hydrogen-bond donors (Lipinski definition) is 2. The van der Waals surface area contributed by atoms with Crippen molar-refractivity contribution >= 4 is 11.8 Å². The summed E-state index contributed by atoms with van der Waals surface area (Å²) in [5.41, 5.74) is 0.659. The molecular weight excluding hydrogens is 326 g/mol. The van der Waals surface area contributed by atoms with E-state index in [0.717, 1.165) is 0 Å². The lowest BCUT2D eigenvalue weighted by molar-refractivity contribution is -0.147. The second kappa shape index (κ2) is 7.74. The van der Waals surface area contributed by atoms with Gasteiger partial charge in [0.2, 0.25) is 0 Å². The molecule has 138 valence electrons. The highest BCUT2D eigenvalue weighted by atomic mass is 16.5. The van der Waals surface area contributed by atoms with E-state index in [1.807, 2.05) is 6.92 Å². The van der Waals surface area contributed by atoms with Crippen LogP contribution >= 0.6 is 0 Å². The molecule has 0 aliphatic carbocycles. The fraction of sp³-hybridized carbons (Fsp3) is 0.556. The molecular formula is C18H25NO6. The van der Waals surface area contributed by atoms with Crippen LogP contribution in [-0.2, 0) is 9.53 Å². The van der Waals surface area contributed by atoms with E-state index in [0.29, 0.717) is 24.4 Å². The van der Waals surface area contributed by atoms with E-state index in [2.05, 4.69) is 5.32 Å². The molecule has 1 aromatic rings. The number of methoxy groups -OCH3 is 2. The average Bonchev–Trinajstić information content (AvgIpc) is 3.01. The van der Waals surface area contributed by atoms with E-state index in [-0.39, 0.29) is 46.8 Å². The summed E-state index contributed by atoms with van der Waals surface area (Å²) < 4.78 is 16.0. The predicted molar refractivity (Wildman–Crippen MR) is 91.5 cm³/mol. The summed E-state index contributed by atoms with van der Waals surface area (Å²) in [5, 5.41) is 14.1. The number of benzene rings is 1. The van der Waals surface area contributed by atoms with E-state index in [1.165, 1.54) is 28.1 Å². The first kappa shape index (κ1) is 19.1. The monoisotopic (exact) mass is 351 g/mol. The van der Waals surface area contributed by atoms with Crippen LogP contribution in [-0.4, -0.2) is 50.3 Å². The summed E-state index contributed by atoms with van der Waals surface area (Å²) in [6, 6.07) is 1.61. The zero-order chi connectivity index (χ0) is 18.7. The quantitative estimate of drug-likeness (QED) is 0.597. The van der Waals surface area contributed by atoms with Gasteiger partial charge in [-0.1, -0.05) is 0 Å². The lowest BCUT2D eigenvalue weighted by atomic mass is 9.83. The minimum atomic E-state index is -0.353. The maximum atomic E-state index is 12.0. The molecule has 1 aliphatic rings. The Kier molecular flexibility index (Phi) is 5.89. The lowest BCUT2D eigenvalue weighted by Gasteiger charge is -2.27. The molecule has 25 heavy (non-hydrogen) atoms. The van der Waals surface area contributed by atoms with Crippen molar-refractivity contribution in [1.29, 1.82) is 0 Å². The Labute approximate surface area is 147 Å². The first-order chi connectivity index (χ1) is 11.8. The molecule has 0 radical (unpaired) electrons. The van der Waals surface area contributed by atoms with E-state index >= 15 is 0 Å². The van der Waals surface area contributed by atoms with Gasteiger partial charge < -0.3 is 24.6 Å². The second-order valence-corrected chi connectivity index (χ2v) is 6.22. The minimum Gasteiger partial charge on any atom is -0.507 e. The van der Waals surface area contributed by atoms with Gasteiger partial charge in [-0.15, -0.1) is 0 Å². The molecule has 2 rings (SSSR count). The number of carbonyl (C=O) groups is 2. The molecule has 1 heterocycles. The number of Topliss-reactive ketones (excluding diaryl/α,β-unsaturated/α-hetero) is 1. The van der Waals surface area contributed by atoms with E-state index < -0.39 is 0 Å². The van der Waals surface area contributed by atoms with E-state index in [4.69, 9.17) is 14.2 Å². The molecule has 7 nitrogen and oxygen atoms in total. The third-order valence-corrected chi connectivity index (χ3v) is 4.64. The molecule has 7 heteroatoms. The normalized spacial score (nSPS) is 20.8. The van der Waals surface area contributed by atoms with Gasteiger partial charge in [0.1, 0.15) is 28.9 Å². The topological polar surface area (TPSA) is 94.1 Å². The highest BCUT2D eigenvalue weighted by molar-refractivity contribution is 6.00. The largest absolute Gasteiger partial charge is 0.507 e. The van der Waals surface area contributed by atoms with Crippen LogP contribution in [0.25, 0.3) is 0 Å². The summed E-state index contributed by atoms with van der Waals surface area (Å²) in [7, 11) is 2.93.